The Hall–Kier alpha value is -2.14. The third-order valence-corrected chi connectivity index (χ3v) is 5.34. The largest absolute Gasteiger partial charge is 0.478 e. The summed E-state index contributed by atoms with van der Waals surface area (Å²) < 4.78 is 0. The number of nitroso groups, excluding NO2 is 1. The van der Waals surface area contributed by atoms with Crippen LogP contribution in [-0.2, 0) is 0 Å². The number of nitrogens with zero attached hydrogens (tertiary/aromatic N) is 1. The van der Waals surface area contributed by atoms with Crippen LogP contribution in [0.5, 0.6) is 0 Å². The number of hydrogen-bond acceptors (Lipinski definition) is 4. The molecule has 1 N–H and O–H groups in total. The Morgan fingerprint density at radius 3 is 2.69 bits per heavy atom. The highest BCUT2D eigenvalue weighted by molar-refractivity contribution is 7.99. The quantitative estimate of drug-likeness (QED) is 0.687. The van der Waals surface area contributed by atoms with Gasteiger partial charge in [0.2, 0.25) is 0 Å². The molecule has 2 rings (SSSR count). The number of aromatic carboxylic acids is 1. The standard InChI is InChI=1S/C21H25NO3S/c1-21(2)12-11-17(4-3-14-26-15-13-21)19(22-25)10-7-16-5-8-18(9-6-16)20(23)24/h3-11,19H,12-15H2,1-2H3,(H,23,24). The van der Waals surface area contributed by atoms with E-state index >= 15 is 0 Å². The number of benzene rings is 1. The van der Waals surface area contributed by atoms with Crippen LogP contribution in [0.3, 0.4) is 0 Å². The van der Waals surface area contributed by atoms with Crippen molar-refractivity contribution in [3.63, 3.8) is 0 Å². The van der Waals surface area contributed by atoms with E-state index in [2.05, 4.69) is 31.2 Å². The van der Waals surface area contributed by atoms with Crippen molar-refractivity contribution in [1.29, 1.82) is 0 Å². The van der Waals surface area contributed by atoms with Crippen molar-refractivity contribution >= 4 is 23.8 Å². The Kier molecular flexibility index (Phi) is 7.39. The van der Waals surface area contributed by atoms with Crippen LogP contribution < -0.4 is 0 Å². The molecule has 0 aromatic heterocycles. The molecule has 0 amide bonds. The van der Waals surface area contributed by atoms with Crippen LogP contribution in [0.15, 0.2) is 59.3 Å². The maximum absolute atomic E-state index is 11.4. The minimum Gasteiger partial charge on any atom is -0.478 e. The number of allylic oxidation sites excluding steroid dienone is 1. The van der Waals surface area contributed by atoms with E-state index in [0.29, 0.717) is 0 Å². The Morgan fingerprint density at radius 2 is 2.04 bits per heavy atom. The van der Waals surface area contributed by atoms with Gasteiger partial charge in [0.25, 0.3) is 0 Å². The zero-order chi connectivity index (χ0) is 19.0. The lowest BCUT2D eigenvalue weighted by Crippen LogP contribution is -2.13. The van der Waals surface area contributed by atoms with Gasteiger partial charge in [0, 0.05) is 5.75 Å². The van der Waals surface area contributed by atoms with Gasteiger partial charge in [-0.25, -0.2) is 4.79 Å². The predicted octanol–water partition coefficient (Wildman–Crippen LogP) is 5.57. The van der Waals surface area contributed by atoms with Crippen molar-refractivity contribution in [2.75, 3.05) is 11.5 Å². The summed E-state index contributed by atoms with van der Waals surface area (Å²) in [6, 6.07) is 5.99. The van der Waals surface area contributed by atoms with Crippen molar-refractivity contribution in [3.05, 3.63) is 70.2 Å². The predicted molar refractivity (Wildman–Crippen MR) is 110 cm³/mol. The molecule has 1 unspecified atom stereocenters. The molecule has 0 radical (unpaired) electrons. The van der Waals surface area contributed by atoms with Crippen LogP contribution >= 0.6 is 11.8 Å². The van der Waals surface area contributed by atoms with Crippen molar-refractivity contribution in [2.24, 2.45) is 10.6 Å². The molecule has 1 atom stereocenters. The van der Waals surface area contributed by atoms with E-state index < -0.39 is 12.0 Å². The van der Waals surface area contributed by atoms with Gasteiger partial charge in [-0.3, -0.25) is 0 Å². The molecule has 0 saturated heterocycles. The van der Waals surface area contributed by atoms with Crippen LogP contribution in [0, 0.1) is 10.3 Å². The SMILES string of the molecule is CC1(C)CC=C(C(C=Cc2ccc(C(=O)O)cc2)N=O)C=CCSCC1. The van der Waals surface area contributed by atoms with Gasteiger partial charge in [0.15, 0.2) is 0 Å². The van der Waals surface area contributed by atoms with E-state index in [4.69, 9.17) is 5.11 Å². The van der Waals surface area contributed by atoms with E-state index in [-0.39, 0.29) is 11.0 Å². The lowest BCUT2D eigenvalue weighted by atomic mass is 9.85. The molecular weight excluding hydrogens is 346 g/mol. The Morgan fingerprint density at radius 1 is 1.31 bits per heavy atom. The lowest BCUT2D eigenvalue weighted by Gasteiger charge is -2.24. The molecule has 1 aliphatic rings. The lowest BCUT2D eigenvalue weighted by molar-refractivity contribution is 0.0697. The summed E-state index contributed by atoms with van der Waals surface area (Å²) >= 11 is 1.90. The van der Waals surface area contributed by atoms with Crippen LogP contribution in [0.4, 0.5) is 0 Å². The zero-order valence-corrected chi connectivity index (χ0v) is 16.0. The normalized spacial score (nSPS) is 18.9. The van der Waals surface area contributed by atoms with Gasteiger partial charge in [0.1, 0.15) is 6.04 Å². The molecule has 1 aromatic carbocycles. The second-order valence-electron chi connectivity index (χ2n) is 7.14. The average molecular weight is 372 g/mol. The number of carboxylic acid groups (broad SMARTS) is 1. The minimum atomic E-state index is -0.953. The monoisotopic (exact) mass is 371 g/mol. The van der Waals surface area contributed by atoms with Crippen LogP contribution in [0.2, 0.25) is 0 Å². The number of thioether (sulfide) groups is 1. The highest BCUT2D eigenvalue weighted by Crippen LogP contribution is 2.30. The fourth-order valence-electron chi connectivity index (χ4n) is 2.61. The molecule has 0 fully saturated rings. The van der Waals surface area contributed by atoms with Gasteiger partial charge < -0.3 is 5.11 Å². The van der Waals surface area contributed by atoms with Crippen molar-refractivity contribution in [1.82, 2.24) is 0 Å². The molecule has 4 nitrogen and oxygen atoms in total. The Labute approximate surface area is 159 Å². The van der Waals surface area contributed by atoms with Gasteiger partial charge in [-0.2, -0.15) is 11.8 Å². The smallest absolute Gasteiger partial charge is 0.335 e. The van der Waals surface area contributed by atoms with E-state index in [9.17, 15) is 9.70 Å². The highest BCUT2D eigenvalue weighted by Gasteiger charge is 2.18. The first kappa shape index (κ1) is 20.2. The molecule has 0 saturated carbocycles. The maximum atomic E-state index is 11.4. The molecule has 5 heteroatoms. The Bertz CT molecular complexity index is 717. The third-order valence-electron chi connectivity index (χ3n) is 4.42. The van der Waals surface area contributed by atoms with Crippen LogP contribution in [0.1, 0.15) is 42.6 Å². The van der Waals surface area contributed by atoms with E-state index in [1.807, 2.05) is 23.9 Å². The summed E-state index contributed by atoms with van der Waals surface area (Å²) in [6.07, 6.45) is 11.8. The molecule has 1 aromatic rings. The molecule has 0 bridgehead atoms. The van der Waals surface area contributed by atoms with Gasteiger partial charge in [-0.1, -0.05) is 61.5 Å². The van der Waals surface area contributed by atoms with Crippen LogP contribution in [-0.4, -0.2) is 28.6 Å². The summed E-state index contributed by atoms with van der Waals surface area (Å²) in [5.41, 5.74) is 2.19. The number of hydrogen-bond donors (Lipinski definition) is 1. The topological polar surface area (TPSA) is 66.7 Å². The first-order chi connectivity index (χ1) is 12.4. The molecule has 1 aliphatic heterocycles. The highest BCUT2D eigenvalue weighted by atomic mass is 32.2. The van der Waals surface area contributed by atoms with Gasteiger partial charge >= 0.3 is 5.97 Å². The molecule has 0 aliphatic carbocycles. The minimum absolute atomic E-state index is 0.202. The summed E-state index contributed by atoms with van der Waals surface area (Å²) in [7, 11) is 0. The van der Waals surface area contributed by atoms with Gasteiger partial charge in [-0.05, 0) is 47.3 Å². The average Bonchev–Trinajstić information content (AvgIpc) is 2.62. The van der Waals surface area contributed by atoms with Crippen molar-refractivity contribution in [2.45, 2.75) is 32.7 Å². The summed E-state index contributed by atoms with van der Waals surface area (Å²) in [6.45, 7) is 4.49. The van der Waals surface area contributed by atoms with Crippen molar-refractivity contribution in [3.8, 4) is 0 Å². The van der Waals surface area contributed by atoms with E-state index in [0.717, 1.165) is 35.5 Å². The van der Waals surface area contributed by atoms with E-state index in [1.165, 1.54) is 0 Å². The van der Waals surface area contributed by atoms with Crippen LogP contribution in [0.25, 0.3) is 6.08 Å². The second-order valence-corrected chi connectivity index (χ2v) is 8.29. The number of carboxylic acids is 1. The van der Waals surface area contributed by atoms with E-state index in [1.54, 1.807) is 30.3 Å². The summed E-state index contributed by atoms with van der Waals surface area (Å²) in [4.78, 5) is 22.3. The van der Waals surface area contributed by atoms with Crippen molar-refractivity contribution < 1.29 is 9.90 Å². The van der Waals surface area contributed by atoms with Gasteiger partial charge in [-0.15, -0.1) is 4.91 Å². The molecule has 26 heavy (non-hydrogen) atoms. The fourth-order valence-corrected chi connectivity index (χ4v) is 3.71. The molecule has 0 spiro atoms. The zero-order valence-electron chi connectivity index (χ0n) is 15.2. The first-order valence-corrected chi connectivity index (χ1v) is 9.85. The number of carbonyl (C=O) groups is 1. The maximum Gasteiger partial charge on any atom is 0.335 e. The second kappa shape index (κ2) is 9.53. The molecule has 138 valence electrons. The fraction of sp³-hybridized carbons (Fsp3) is 0.381. The summed E-state index contributed by atoms with van der Waals surface area (Å²) in [5.74, 6) is 1.12. The number of rotatable bonds is 5. The van der Waals surface area contributed by atoms with Gasteiger partial charge in [0.05, 0.1) is 5.56 Å². The molecule has 1 heterocycles. The molecular formula is C21H25NO3S. The summed E-state index contributed by atoms with van der Waals surface area (Å²) in [5, 5.41) is 12.2. The first-order valence-electron chi connectivity index (χ1n) is 8.70. The third kappa shape index (κ3) is 6.30. The Balaban J connectivity index is 2.18.